The van der Waals surface area contributed by atoms with Gasteiger partial charge in [0.05, 0.1) is 17.1 Å². The summed E-state index contributed by atoms with van der Waals surface area (Å²) in [7, 11) is 2.11. The van der Waals surface area contributed by atoms with Crippen LogP contribution in [0, 0.1) is 0 Å². The molecule has 0 aliphatic carbocycles. The molecule has 1 fully saturated rings. The number of fused-ring (bicyclic) bond motifs is 2. The molecule has 2 aliphatic heterocycles. The van der Waals surface area contributed by atoms with Gasteiger partial charge in [0.1, 0.15) is 0 Å². The Labute approximate surface area is 167 Å². The van der Waals surface area contributed by atoms with Crippen LogP contribution < -0.4 is 16.0 Å². The Kier molecular flexibility index (Phi) is 4.07. The monoisotopic (exact) mass is 394 g/mol. The minimum absolute atomic E-state index is 0.0671. The van der Waals surface area contributed by atoms with Gasteiger partial charge in [-0.2, -0.15) is 0 Å². The number of rotatable bonds is 2. The standard InChI is InChI=1S/C21H23FN6O/c1-27-8-10-28(11-9-27)13-6-7-16-17(12-13)25-19(24-16)21(22)18(23)14-4-2-3-5-15(14)26-20(21)29/h2-7,12,18H,8-11,23H2,1H3,(H,24,25)(H,26,29). The average molecular weight is 394 g/mol. The van der Waals surface area contributed by atoms with Crippen molar-refractivity contribution in [1.82, 2.24) is 14.9 Å². The minimum Gasteiger partial charge on any atom is -0.369 e. The second-order valence-corrected chi connectivity index (χ2v) is 7.81. The zero-order valence-electron chi connectivity index (χ0n) is 16.2. The normalized spacial score (nSPS) is 25.1. The van der Waals surface area contributed by atoms with Crippen molar-refractivity contribution < 1.29 is 9.18 Å². The van der Waals surface area contributed by atoms with Crippen molar-refractivity contribution in [3.63, 3.8) is 0 Å². The van der Waals surface area contributed by atoms with Crippen LogP contribution in [0.5, 0.6) is 0 Å². The van der Waals surface area contributed by atoms with Crippen LogP contribution in [0.15, 0.2) is 42.5 Å². The first-order valence-electron chi connectivity index (χ1n) is 9.75. The highest BCUT2D eigenvalue weighted by Gasteiger charge is 2.53. The topological polar surface area (TPSA) is 90.3 Å². The average Bonchev–Trinajstić information content (AvgIpc) is 3.16. The van der Waals surface area contributed by atoms with Crippen LogP contribution in [0.4, 0.5) is 15.8 Å². The van der Waals surface area contributed by atoms with E-state index in [4.69, 9.17) is 5.73 Å². The fraction of sp³-hybridized carbons (Fsp3) is 0.333. The van der Waals surface area contributed by atoms with Crippen LogP contribution in [0.1, 0.15) is 17.4 Å². The Hall–Kier alpha value is -2.97. The number of carbonyl (C=O) groups is 1. The van der Waals surface area contributed by atoms with Gasteiger partial charge in [-0.15, -0.1) is 0 Å². The number of benzene rings is 2. The SMILES string of the molecule is CN1CCN(c2ccc3nc(C4(F)C(=O)Nc5ccccc5C4N)[nH]c3c2)CC1. The maximum atomic E-state index is 16.1. The molecule has 2 aliphatic rings. The number of anilines is 2. The predicted octanol–water partition coefficient (Wildman–Crippen LogP) is 2.13. The number of halogens is 1. The van der Waals surface area contributed by atoms with Gasteiger partial charge in [0.25, 0.3) is 11.6 Å². The smallest absolute Gasteiger partial charge is 0.272 e. The van der Waals surface area contributed by atoms with E-state index in [1.54, 1.807) is 24.3 Å². The lowest BCUT2D eigenvalue weighted by Gasteiger charge is -2.34. The third kappa shape index (κ3) is 2.79. The molecule has 1 amide bonds. The number of aromatic amines is 1. The molecule has 0 spiro atoms. The predicted molar refractivity (Wildman–Crippen MR) is 111 cm³/mol. The molecule has 4 N–H and O–H groups in total. The number of hydrogen-bond acceptors (Lipinski definition) is 5. The van der Waals surface area contributed by atoms with Gasteiger partial charge in [-0.05, 0) is 36.9 Å². The quantitative estimate of drug-likeness (QED) is 0.620. The zero-order chi connectivity index (χ0) is 20.2. The molecule has 3 heterocycles. The highest BCUT2D eigenvalue weighted by atomic mass is 19.1. The Morgan fingerprint density at radius 3 is 2.72 bits per heavy atom. The summed E-state index contributed by atoms with van der Waals surface area (Å²) in [5.74, 6) is -0.871. The largest absolute Gasteiger partial charge is 0.369 e. The second-order valence-electron chi connectivity index (χ2n) is 7.81. The number of nitrogens with two attached hydrogens (primary N) is 1. The molecule has 1 saturated heterocycles. The molecule has 150 valence electrons. The van der Waals surface area contributed by atoms with Crippen LogP contribution in [-0.4, -0.2) is 54.0 Å². The maximum Gasteiger partial charge on any atom is 0.272 e. The lowest BCUT2D eigenvalue weighted by atomic mass is 9.85. The van der Waals surface area contributed by atoms with Crippen molar-refractivity contribution in [3.05, 3.63) is 53.9 Å². The molecule has 0 bridgehead atoms. The molecular weight excluding hydrogens is 371 g/mol. The van der Waals surface area contributed by atoms with Crippen LogP contribution in [0.3, 0.4) is 0 Å². The molecule has 2 unspecified atom stereocenters. The summed E-state index contributed by atoms with van der Waals surface area (Å²) in [6, 6.07) is 11.6. The van der Waals surface area contributed by atoms with E-state index in [0.29, 0.717) is 22.3 Å². The van der Waals surface area contributed by atoms with E-state index >= 15 is 4.39 Å². The summed E-state index contributed by atoms with van der Waals surface area (Å²) >= 11 is 0. The highest BCUT2D eigenvalue weighted by Crippen LogP contribution is 2.43. The van der Waals surface area contributed by atoms with E-state index in [2.05, 4.69) is 32.1 Å². The van der Waals surface area contributed by atoms with Crippen molar-refractivity contribution in [1.29, 1.82) is 0 Å². The molecule has 29 heavy (non-hydrogen) atoms. The molecule has 3 aromatic rings. The van der Waals surface area contributed by atoms with Gasteiger partial charge < -0.3 is 25.8 Å². The summed E-state index contributed by atoms with van der Waals surface area (Å²) in [5.41, 5.74) is 7.18. The Bertz CT molecular complexity index is 1090. The van der Waals surface area contributed by atoms with Crippen molar-refractivity contribution >= 4 is 28.3 Å². The Morgan fingerprint density at radius 1 is 1.17 bits per heavy atom. The lowest BCUT2D eigenvalue weighted by Crippen LogP contribution is -2.49. The number of H-pyrrole nitrogens is 1. The molecule has 2 atom stereocenters. The third-order valence-electron chi connectivity index (χ3n) is 5.98. The Morgan fingerprint density at radius 2 is 1.93 bits per heavy atom. The molecule has 0 saturated carbocycles. The van der Waals surface area contributed by atoms with Gasteiger partial charge in [0.15, 0.2) is 5.82 Å². The van der Waals surface area contributed by atoms with Crippen LogP contribution in [-0.2, 0) is 10.5 Å². The summed E-state index contributed by atoms with van der Waals surface area (Å²) in [5, 5.41) is 2.62. The van der Waals surface area contributed by atoms with Crippen LogP contribution in [0.2, 0.25) is 0 Å². The number of imidazole rings is 1. The number of likely N-dealkylation sites (N-methyl/N-ethyl adjacent to an activating group) is 1. The number of nitrogens with zero attached hydrogens (tertiary/aromatic N) is 3. The van der Waals surface area contributed by atoms with Gasteiger partial charge in [-0.25, -0.2) is 9.37 Å². The first-order chi connectivity index (χ1) is 14.0. The van der Waals surface area contributed by atoms with Crippen molar-refractivity contribution in [2.75, 3.05) is 43.4 Å². The van der Waals surface area contributed by atoms with Crippen molar-refractivity contribution in [2.24, 2.45) is 5.73 Å². The van der Waals surface area contributed by atoms with Crippen LogP contribution in [0.25, 0.3) is 11.0 Å². The fourth-order valence-electron chi connectivity index (χ4n) is 4.14. The minimum atomic E-state index is -2.47. The summed E-state index contributed by atoms with van der Waals surface area (Å²) < 4.78 is 16.1. The van der Waals surface area contributed by atoms with Gasteiger partial charge in [0.2, 0.25) is 0 Å². The third-order valence-corrected chi connectivity index (χ3v) is 5.98. The number of carbonyl (C=O) groups excluding carboxylic acids is 1. The lowest BCUT2D eigenvalue weighted by molar-refractivity contribution is -0.130. The first kappa shape index (κ1) is 18.1. The fourth-order valence-corrected chi connectivity index (χ4v) is 4.14. The number of piperazine rings is 1. The van der Waals surface area contributed by atoms with Gasteiger partial charge >= 0.3 is 0 Å². The molecule has 0 radical (unpaired) electrons. The molecule has 1 aromatic heterocycles. The van der Waals surface area contributed by atoms with Gasteiger partial charge in [-0.1, -0.05) is 18.2 Å². The van der Waals surface area contributed by atoms with Crippen molar-refractivity contribution in [2.45, 2.75) is 11.7 Å². The van der Waals surface area contributed by atoms with E-state index in [-0.39, 0.29) is 5.82 Å². The van der Waals surface area contributed by atoms with Crippen molar-refractivity contribution in [3.8, 4) is 0 Å². The van der Waals surface area contributed by atoms with E-state index in [0.717, 1.165) is 31.9 Å². The zero-order valence-corrected chi connectivity index (χ0v) is 16.2. The maximum absolute atomic E-state index is 16.1. The van der Waals surface area contributed by atoms with Gasteiger partial charge in [0, 0.05) is 37.6 Å². The summed E-state index contributed by atoms with van der Waals surface area (Å²) in [6.45, 7) is 3.85. The number of nitrogens with one attached hydrogen (secondary N) is 2. The number of hydrogen-bond donors (Lipinski definition) is 3. The second kappa shape index (κ2) is 6.53. The van der Waals surface area contributed by atoms with E-state index in [1.165, 1.54) is 0 Å². The molecular formula is C21H23FN6O. The molecule has 2 aromatic carbocycles. The highest BCUT2D eigenvalue weighted by molar-refractivity contribution is 6.01. The number of alkyl halides is 1. The molecule has 5 rings (SSSR count). The summed E-state index contributed by atoms with van der Waals surface area (Å²) in [6.07, 6.45) is 0. The Balaban J connectivity index is 1.52. The first-order valence-corrected chi connectivity index (χ1v) is 9.75. The number of para-hydroxylation sites is 1. The molecule has 7 nitrogen and oxygen atoms in total. The number of amides is 1. The van der Waals surface area contributed by atoms with Gasteiger partial charge in [-0.3, -0.25) is 4.79 Å². The van der Waals surface area contributed by atoms with E-state index in [9.17, 15) is 4.79 Å². The summed E-state index contributed by atoms with van der Waals surface area (Å²) in [4.78, 5) is 24.7. The number of aromatic nitrogens is 2. The van der Waals surface area contributed by atoms with Crippen LogP contribution >= 0.6 is 0 Å². The van der Waals surface area contributed by atoms with E-state index < -0.39 is 17.6 Å². The molecule has 8 heteroatoms. The van der Waals surface area contributed by atoms with E-state index in [1.807, 2.05) is 18.2 Å².